The molecule has 0 unspecified atom stereocenters. The monoisotopic (exact) mass is 362 g/mol. The quantitative estimate of drug-likeness (QED) is 0.747. The van der Waals surface area contributed by atoms with E-state index in [9.17, 15) is 9.59 Å². The third-order valence-corrected chi connectivity index (χ3v) is 5.25. The van der Waals surface area contributed by atoms with E-state index in [2.05, 4.69) is 20.6 Å². The summed E-state index contributed by atoms with van der Waals surface area (Å²) in [4.78, 5) is 29.4. The lowest BCUT2D eigenvalue weighted by atomic mass is 9.86. The van der Waals surface area contributed by atoms with Gasteiger partial charge in [0.25, 0.3) is 5.91 Å². The number of piperidine rings is 1. The van der Waals surface area contributed by atoms with Crippen molar-refractivity contribution in [1.82, 2.24) is 30.2 Å². The number of hydrogen-bond donors (Lipinski definition) is 2. The van der Waals surface area contributed by atoms with Crippen molar-refractivity contribution in [1.29, 1.82) is 0 Å². The van der Waals surface area contributed by atoms with E-state index in [-0.39, 0.29) is 17.9 Å². The van der Waals surface area contributed by atoms with Gasteiger partial charge in [-0.2, -0.15) is 5.10 Å². The SMILES string of the molecule is CC(C)NC(=O)CN1CCN(C(=O)C2(n3cccn3)CCNCC2)CC1. The molecule has 2 N–H and O–H groups in total. The lowest BCUT2D eigenvalue weighted by Gasteiger charge is -2.43. The van der Waals surface area contributed by atoms with Crippen molar-refractivity contribution in [2.45, 2.75) is 38.3 Å². The van der Waals surface area contributed by atoms with E-state index in [0.29, 0.717) is 19.6 Å². The average Bonchev–Trinajstić information content (AvgIpc) is 3.17. The third kappa shape index (κ3) is 4.07. The smallest absolute Gasteiger partial charge is 0.250 e. The molecule has 8 nitrogen and oxygen atoms in total. The van der Waals surface area contributed by atoms with Crippen LogP contribution in [0.1, 0.15) is 26.7 Å². The molecule has 3 heterocycles. The van der Waals surface area contributed by atoms with Crippen LogP contribution >= 0.6 is 0 Å². The molecule has 0 bridgehead atoms. The van der Waals surface area contributed by atoms with E-state index in [0.717, 1.165) is 39.0 Å². The van der Waals surface area contributed by atoms with Crippen LogP contribution in [0, 0.1) is 0 Å². The molecule has 2 aliphatic heterocycles. The van der Waals surface area contributed by atoms with E-state index >= 15 is 0 Å². The maximum absolute atomic E-state index is 13.4. The fourth-order valence-electron chi connectivity index (χ4n) is 3.88. The second-order valence-electron chi connectivity index (χ2n) is 7.52. The Hall–Kier alpha value is -1.93. The van der Waals surface area contributed by atoms with Gasteiger partial charge in [0.15, 0.2) is 0 Å². The molecule has 1 aromatic heterocycles. The number of piperazine rings is 1. The van der Waals surface area contributed by atoms with Crippen LogP contribution in [-0.2, 0) is 15.1 Å². The van der Waals surface area contributed by atoms with E-state index < -0.39 is 5.54 Å². The molecule has 2 aliphatic rings. The number of amides is 2. The number of nitrogens with one attached hydrogen (secondary N) is 2. The van der Waals surface area contributed by atoms with Crippen LogP contribution in [0.4, 0.5) is 0 Å². The van der Waals surface area contributed by atoms with Gasteiger partial charge in [-0.1, -0.05) is 0 Å². The van der Waals surface area contributed by atoms with E-state index in [4.69, 9.17) is 0 Å². The Morgan fingerprint density at radius 3 is 2.46 bits per heavy atom. The summed E-state index contributed by atoms with van der Waals surface area (Å²) in [6.45, 7) is 8.73. The highest BCUT2D eigenvalue weighted by Crippen LogP contribution is 2.29. The summed E-state index contributed by atoms with van der Waals surface area (Å²) in [5.41, 5.74) is -0.577. The van der Waals surface area contributed by atoms with E-state index in [1.54, 1.807) is 6.20 Å². The van der Waals surface area contributed by atoms with Gasteiger partial charge in [0.2, 0.25) is 5.91 Å². The molecule has 1 aromatic rings. The summed E-state index contributed by atoms with van der Waals surface area (Å²) in [6.07, 6.45) is 5.15. The first kappa shape index (κ1) is 18.8. The molecule has 8 heteroatoms. The van der Waals surface area contributed by atoms with Gasteiger partial charge in [0.05, 0.1) is 6.54 Å². The maximum atomic E-state index is 13.4. The first-order chi connectivity index (χ1) is 12.5. The number of rotatable bonds is 5. The maximum Gasteiger partial charge on any atom is 0.250 e. The highest BCUT2D eigenvalue weighted by molar-refractivity contribution is 5.85. The lowest BCUT2D eigenvalue weighted by Crippen LogP contribution is -2.60. The summed E-state index contributed by atoms with van der Waals surface area (Å²) in [6, 6.07) is 2.03. The zero-order valence-corrected chi connectivity index (χ0v) is 15.8. The molecule has 0 saturated carbocycles. The molecule has 144 valence electrons. The van der Waals surface area contributed by atoms with Crippen LogP contribution < -0.4 is 10.6 Å². The number of carbonyl (C=O) groups is 2. The Kier molecular flexibility index (Phi) is 5.93. The average molecular weight is 362 g/mol. The molecule has 26 heavy (non-hydrogen) atoms. The highest BCUT2D eigenvalue weighted by atomic mass is 16.2. The first-order valence-corrected chi connectivity index (χ1v) is 9.53. The second kappa shape index (κ2) is 8.18. The number of aromatic nitrogens is 2. The topological polar surface area (TPSA) is 82.5 Å². The Bertz CT molecular complexity index is 601. The molecule has 3 rings (SSSR count). The molecule has 2 fully saturated rings. The minimum atomic E-state index is -0.577. The molecule has 0 aromatic carbocycles. The zero-order valence-electron chi connectivity index (χ0n) is 15.8. The van der Waals surface area contributed by atoms with Gasteiger partial charge in [0.1, 0.15) is 5.54 Å². The Morgan fingerprint density at radius 1 is 1.19 bits per heavy atom. The molecule has 0 aliphatic carbocycles. The number of carbonyl (C=O) groups excluding carboxylic acids is 2. The van der Waals surface area contributed by atoms with Gasteiger partial charge >= 0.3 is 0 Å². The van der Waals surface area contributed by atoms with Gasteiger partial charge in [-0.15, -0.1) is 0 Å². The third-order valence-electron chi connectivity index (χ3n) is 5.25. The predicted molar refractivity (Wildman–Crippen MR) is 98.6 cm³/mol. The summed E-state index contributed by atoms with van der Waals surface area (Å²) in [7, 11) is 0. The van der Waals surface area contributed by atoms with Crippen LogP contribution in [0.5, 0.6) is 0 Å². The lowest BCUT2D eigenvalue weighted by molar-refractivity contribution is -0.145. The summed E-state index contributed by atoms with van der Waals surface area (Å²) in [5.74, 6) is 0.208. The van der Waals surface area contributed by atoms with Crippen molar-refractivity contribution < 1.29 is 9.59 Å². The largest absolute Gasteiger partial charge is 0.353 e. The Balaban J connectivity index is 1.61. The predicted octanol–water partition coefficient (Wildman–Crippen LogP) is -0.369. The van der Waals surface area contributed by atoms with Crippen LogP contribution in [0.2, 0.25) is 0 Å². The summed E-state index contributed by atoms with van der Waals surface area (Å²) in [5, 5.41) is 10.6. The molecular formula is C18H30N6O2. The summed E-state index contributed by atoms with van der Waals surface area (Å²) >= 11 is 0. The molecule has 0 atom stereocenters. The molecule has 0 spiro atoms. The first-order valence-electron chi connectivity index (χ1n) is 9.53. The summed E-state index contributed by atoms with van der Waals surface area (Å²) < 4.78 is 1.85. The molecule has 2 saturated heterocycles. The van der Waals surface area contributed by atoms with Gasteiger partial charge in [-0.25, -0.2) is 0 Å². The van der Waals surface area contributed by atoms with Gasteiger partial charge in [-0.3, -0.25) is 19.2 Å². The highest BCUT2D eigenvalue weighted by Gasteiger charge is 2.44. The molecular weight excluding hydrogens is 332 g/mol. The molecule has 0 radical (unpaired) electrons. The van der Waals surface area contributed by atoms with Crippen molar-refractivity contribution in [2.75, 3.05) is 45.8 Å². The van der Waals surface area contributed by atoms with Crippen LogP contribution in [0.25, 0.3) is 0 Å². The van der Waals surface area contributed by atoms with Gasteiger partial charge in [0, 0.05) is 44.6 Å². The van der Waals surface area contributed by atoms with Crippen molar-refractivity contribution >= 4 is 11.8 Å². The standard InChI is InChI=1S/C18H30N6O2/c1-15(2)21-16(25)14-22-10-12-23(13-11-22)17(26)18(4-7-19-8-5-18)24-9-3-6-20-24/h3,6,9,15,19H,4-5,7-8,10-14H2,1-2H3,(H,21,25). The van der Waals surface area contributed by atoms with Gasteiger partial charge < -0.3 is 15.5 Å². The van der Waals surface area contributed by atoms with Crippen LogP contribution in [0.3, 0.4) is 0 Å². The fraction of sp³-hybridized carbons (Fsp3) is 0.722. The van der Waals surface area contributed by atoms with Crippen LogP contribution in [0.15, 0.2) is 18.5 Å². The number of nitrogens with zero attached hydrogens (tertiary/aromatic N) is 4. The Morgan fingerprint density at radius 2 is 1.88 bits per heavy atom. The minimum Gasteiger partial charge on any atom is -0.353 e. The Labute approximate surface area is 154 Å². The zero-order chi connectivity index (χ0) is 18.6. The van der Waals surface area contributed by atoms with Crippen molar-refractivity contribution in [3.63, 3.8) is 0 Å². The molecule has 2 amide bonds. The van der Waals surface area contributed by atoms with Gasteiger partial charge in [-0.05, 0) is 45.8 Å². The van der Waals surface area contributed by atoms with Crippen LogP contribution in [-0.4, -0.2) is 83.2 Å². The van der Waals surface area contributed by atoms with E-state index in [1.165, 1.54) is 0 Å². The normalized spacial score (nSPS) is 21.0. The van der Waals surface area contributed by atoms with Crippen molar-refractivity contribution in [3.8, 4) is 0 Å². The van der Waals surface area contributed by atoms with Crippen molar-refractivity contribution in [2.24, 2.45) is 0 Å². The minimum absolute atomic E-state index is 0.0474. The fourth-order valence-corrected chi connectivity index (χ4v) is 3.88. The number of hydrogen-bond acceptors (Lipinski definition) is 5. The van der Waals surface area contributed by atoms with E-state index in [1.807, 2.05) is 35.7 Å². The van der Waals surface area contributed by atoms with Crippen molar-refractivity contribution in [3.05, 3.63) is 18.5 Å². The second-order valence-corrected chi connectivity index (χ2v) is 7.52.